The maximum absolute atomic E-state index is 6.54. The summed E-state index contributed by atoms with van der Waals surface area (Å²) in [6.45, 7) is 13.2. The lowest BCUT2D eigenvalue weighted by atomic mass is 10.0. The number of rotatable bonds is 49. The van der Waals surface area contributed by atoms with Crippen LogP contribution in [0.2, 0.25) is 0 Å². The van der Waals surface area contributed by atoms with Crippen molar-refractivity contribution < 1.29 is 14.2 Å². The van der Waals surface area contributed by atoms with Crippen LogP contribution in [0.4, 0.5) is 0 Å². The minimum Gasteiger partial charge on any atom is -0.490 e. The normalized spacial score (nSPS) is 11.4. The third kappa shape index (κ3) is 36.7. The van der Waals surface area contributed by atoms with Crippen molar-refractivity contribution in [2.45, 2.75) is 290 Å². The van der Waals surface area contributed by atoms with Gasteiger partial charge >= 0.3 is 0 Å². The highest BCUT2D eigenvalue weighted by molar-refractivity contribution is 5.61. The molecule has 1 rings (SSSR count). The highest BCUT2D eigenvalue weighted by Gasteiger charge is 2.15. The van der Waals surface area contributed by atoms with Crippen molar-refractivity contribution in [3.8, 4) is 17.2 Å². The topological polar surface area (TPSA) is 27.7 Å². The Bertz CT molecular complexity index is 932. The van der Waals surface area contributed by atoms with E-state index in [0.717, 1.165) is 61.9 Å². The molecule has 1 aromatic carbocycles. The Morgan fingerprint density at radius 3 is 0.729 bits per heavy atom. The Morgan fingerprint density at radius 2 is 0.508 bits per heavy atom. The van der Waals surface area contributed by atoms with Gasteiger partial charge in [0.05, 0.1) is 19.8 Å². The molecule has 0 fully saturated rings. The van der Waals surface area contributed by atoms with Crippen LogP contribution in [0.1, 0.15) is 296 Å². The summed E-state index contributed by atoms with van der Waals surface area (Å²) in [5, 5.41) is 0. The van der Waals surface area contributed by atoms with Crippen molar-refractivity contribution >= 4 is 6.08 Å². The van der Waals surface area contributed by atoms with Crippen molar-refractivity contribution in [2.75, 3.05) is 19.8 Å². The molecular weight excluding hydrogens is 721 g/mol. The third-order valence-corrected chi connectivity index (χ3v) is 12.5. The predicted molar refractivity (Wildman–Crippen MR) is 264 cm³/mol. The van der Waals surface area contributed by atoms with Gasteiger partial charge in [0.25, 0.3) is 0 Å². The highest BCUT2D eigenvalue weighted by Crippen LogP contribution is 2.40. The minimum atomic E-state index is 0.718. The average molecular weight is 825 g/mol. The van der Waals surface area contributed by atoms with Gasteiger partial charge in [-0.1, -0.05) is 284 Å². The van der Waals surface area contributed by atoms with E-state index in [2.05, 4.69) is 39.5 Å². The predicted octanol–water partition coefficient (Wildman–Crippen LogP) is 19.9. The van der Waals surface area contributed by atoms with E-state index < -0.39 is 0 Å². The zero-order chi connectivity index (χ0) is 42.4. The molecule has 59 heavy (non-hydrogen) atoms. The Hall–Kier alpha value is -1.64. The van der Waals surface area contributed by atoms with Gasteiger partial charge < -0.3 is 14.2 Å². The van der Waals surface area contributed by atoms with Crippen LogP contribution in [-0.4, -0.2) is 19.8 Å². The van der Waals surface area contributed by atoms with Gasteiger partial charge in [0, 0.05) is 0 Å². The lowest BCUT2D eigenvalue weighted by molar-refractivity contribution is 0.234. The monoisotopic (exact) mass is 825 g/mol. The van der Waals surface area contributed by atoms with E-state index in [0.29, 0.717) is 0 Å². The molecule has 3 heteroatoms. The largest absolute Gasteiger partial charge is 0.490 e. The Balaban J connectivity index is 2.44. The van der Waals surface area contributed by atoms with Gasteiger partial charge in [-0.25, -0.2) is 0 Å². The average Bonchev–Trinajstić information content (AvgIpc) is 3.25. The lowest BCUT2D eigenvalue weighted by Gasteiger charge is -2.18. The van der Waals surface area contributed by atoms with Crippen LogP contribution < -0.4 is 14.2 Å². The summed E-state index contributed by atoms with van der Waals surface area (Å²) in [5.41, 5.74) is 1.04. The molecule has 3 nitrogen and oxygen atoms in total. The number of hydrogen-bond donors (Lipinski definition) is 0. The first-order valence-corrected chi connectivity index (χ1v) is 27.0. The number of hydrogen-bond acceptors (Lipinski definition) is 3. The smallest absolute Gasteiger partial charge is 0.203 e. The first kappa shape index (κ1) is 55.4. The van der Waals surface area contributed by atoms with E-state index in [1.165, 1.54) is 250 Å². The van der Waals surface area contributed by atoms with Crippen LogP contribution in [0.25, 0.3) is 6.08 Å². The van der Waals surface area contributed by atoms with Crippen molar-refractivity contribution in [1.82, 2.24) is 0 Å². The number of unbranched alkanes of at least 4 members (excludes halogenated alkanes) is 39. The molecule has 0 unspecified atom stereocenters. The molecule has 0 aliphatic carbocycles. The van der Waals surface area contributed by atoms with Gasteiger partial charge in [0.2, 0.25) is 5.75 Å². The highest BCUT2D eigenvalue weighted by atomic mass is 16.5. The van der Waals surface area contributed by atoms with Crippen molar-refractivity contribution in [3.05, 3.63) is 24.3 Å². The fourth-order valence-corrected chi connectivity index (χ4v) is 8.50. The van der Waals surface area contributed by atoms with Crippen LogP contribution in [0, 0.1) is 0 Å². The van der Waals surface area contributed by atoms with Gasteiger partial charge in [0.1, 0.15) is 0 Å². The van der Waals surface area contributed by atoms with Crippen LogP contribution in [0.15, 0.2) is 18.7 Å². The van der Waals surface area contributed by atoms with Crippen molar-refractivity contribution in [2.24, 2.45) is 0 Å². The van der Waals surface area contributed by atoms with E-state index in [1.807, 2.05) is 6.08 Å². The van der Waals surface area contributed by atoms with Crippen molar-refractivity contribution in [3.63, 3.8) is 0 Å². The van der Waals surface area contributed by atoms with Gasteiger partial charge in [-0.15, -0.1) is 0 Å². The van der Waals surface area contributed by atoms with Gasteiger partial charge in [-0.3, -0.25) is 0 Å². The van der Waals surface area contributed by atoms with E-state index in [4.69, 9.17) is 14.2 Å². The molecule has 0 radical (unpaired) electrons. The van der Waals surface area contributed by atoms with Crippen LogP contribution in [0.3, 0.4) is 0 Å². The standard InChI is InChI=1S/C56H104O3/c1-5-9-12-15-18-21-24-27-30-33-36-39-42-45-48-57-54-51-53(8-4)52-55(58-49-46-43-40-37-34-31-28-25-22-19-16-13-10-6-2)56(54)59-50-47-44-41-38-35-32-29-26-23-20-17-14-11-7-3/h8,51-52H,4-7,9-50H2,1-3H3. The summed E-state index contributed by atoms with van der Waals surface area (Å²) in [7, 11) is 0. The van der Waals surface area contributed by atoms with Gasteiger partial charge in [0.15, 0.2) is 11.5 Å². The summed E-state index contributed by atoms with van der Waals surface area (Å²) in [4.78, 5) is 0. The molecule has 0 heterocycles. The summed E-state index contributed by atoms with van der Waals surface area (Å²) in [6.07, 6.45) is 59.3. The molecule has 0 N–H and O–H groups in total. The summed E-state index contributed by atoms with van der Waals surface area (Å²) in [6, 6.07) is 4.22. The first-order chi connectivity index (χ1) is 29.3. The zero-order valence-corrected chi connectivity index (χ0v) is 40.5. The number of benzene rings is 1. The fourth-order valence-electron chi connectivity index (χ4n) is 8.50. The minimum absolute atomic E-state index is 0.718. The van der Waals surface area contributed by atoms with Gasteiger partial charge in [-0.05, 0) is 37.0 Å². The first-order valence-electron chi connectivity index (χ1n) is 27.0. The second-order valence-electron chi connectivity index (χ2n) is 18.4. The maximum atomic E-state index is 6.54. The third-order valence-electron chi connectivity index (χ3n) is 12.5. The molecule has 0 aliphatic heterocycles. The second kappa shape index (κ2) is 45.9. The van der Waals surface area contributed by atoms with Crippen molar-refractivity contribution in [1.29, 1.82) is 0 Å². The zero-order valence-electron chi connectivity index (χ0n) is 40.5. The summed E-state index contributed by atoms with van der Waals surface area (Å²) in [5.74, 6) is 2.47. The molecule has 0 atom stereocenters. The van der Waals surface area contributed by atoms with Crippen LogP contribution in [-0.2, 0) is 0 Å². The van der Waals surface area contributed by atoms with E-state index >= 15 is 0 Å². The maximum Gasteiger partial charge on any atom is 0.203 e. The molecule has 0 amide bonds. The molecule has 0 spiro atoms. The summed E-state index contributed by atoms with van der Waals surface area (Å²) < 4.78 is 19.5. The molecule has 0 aliphatic rings. The molecule has 0 aromatic heterocycles. The van der Waals surface area contributed by atoms with E-state index in [1.54, 1.807) is 0 Å². The Labute approximate surface area is 370 Å². The molecule has 1 aromatic rings. The Morgan fingerprint density at radius 1 is 0.305 bits per heavy atom. The van der Waals surface area contributed by atoms with E-state index in [-0.39, 0.29) is 0 Å². The van der Waals surface area contributed by atoms with Crippen LogP contribution in [0.5, 0.6) is 17.2 Å². The summed E-state index contributed by atoms with van der Waals surface area (Å²) >= 11 is 0. The second-order valence-corrected chi connectivity index (χ2v) is 18.4. The fraction of sp³-hybridized carbons (Fsp3) is 0.857. The van der Waals surface area contributed by atoms with E-state index in [9.17, 15) is 0 Å². The lowest BCUT2D eigenvalue weighted by Crippen LogP contribution is -2.06. The Kier molecular flexibility index (Phi) is 43.1. The SMILES string of the molecule is C=Cc1cc(OCCCCCCCCCCCCCCCC)c(OCCCCCCCCCCCCCCCC)c(OCCCCCCCCCCCCCCCC)c1. The molecule has 346 valence electrons. The van der Waals surface area contributed by atoms with Crippen LogP contribution >= 0.6 is 0 Å². The number of ether oxygens (including phenoxy) is 3. The molecule has 0 saturated carbocycles. The van der Waals surface area contributed by atoms with Gasteiger partial charge in [-0.2, -0.15) is 0 Å². The molecule has 0 saturated heterocycles. The molecular formula is C56H104O3. The quantitative estimate of drug-likeness (QED) is 0.0613. The molecule has 0 bridgehead atoms.